The van der Waals surface area contributed by atoms with Crippen LogP contribution in [0.3, 0.4) is 0 Å². The molecule has 0 bridgehead atoms. The minimum atomic E-state index is 0.685. The van der Waals surface area contributed by atoms with E-state index in [2.05, 4.69) is 215 Å². The number of hydrogen-bond donors (Lipinski definition) is 0. The van der Waals surface area contributed by atoms with Gasteiger partial charge in [-0.3, -0.25) is 0 Å². The number of nitrogens with zero attached hydrogens (tertiary/aromatic N) is 4. The molecule has 0 aliphatic heterocycles. The number of hydrogen-bond acceptors (Lipinski definition) is 2. The van der Waals surface area contributed by atoms with Gasteiger partial charge in [-0.25, -0.2) is 9.97 Å². The van der Waals surface area contributed by atoms with Crippen molar-refractivity contribution in [2.75, 3.05) is 0 Å². The highest BCUT2D eigenvalue weighted by Gasteiger charge is 2.26. The van der Waals surface area contributed by atoms with Gasteiger partial charge in [0.25, 0.3) is 0 Å². The monoisotopic (exact) mass is 788 g/mol. The second kappa shape index (κ2) is 13.6. The molecule has 0 spiro atoms. The van der Waals surface area contributed by atoms with Crippen molar-refractivity contribution in [1.29, 1.82) is 0 Å². The van der Waals surface area contributed by atoms with Crippen molar-refractivity contribution in [2.24, 2.45) is 0 Å². The molecule has 0 atom stereocenters. The molecule has 3 aromatic heterocycles. The summed E-state index contributed by atoms with van der Waals surface area (Å²) in [5, 5.41) is 12.5. The number of benzene rings is 10. The van der Waals surface area contributed by atoms with Gasteiger partial charge < -0.3 is 9.13 Å². The highest BCUT2D eigenvalue weighted by Crippen LogP contribution is 2.50. The Morgan fingerprint density at radius 2 is 0.677 bits per heavy atom. The zero-order valence-corrected chi connectivity index (χ0v) is 33.6. The lowest BCUT2D eigenvalue weighted by atomic mass is 9.89. The summed E-state index contributed by atoms with van der Waals surface area (Å²) in [6.45, 7) is 0. The maximum atomic E-state index is 5.23. The Labute approximate surface area is 357 Å². The van der Waals surface area contributed by atoms with Gasteiger partial charge in [-0.1, -0.05) is 176 Å². The van der Waals surface area contributed by atoms with Gasteiger partial charge in [0.2, 0.25) is 0 Å². The first kappa shape index (κ1) is 34.5. The Hall–Kier alpha value is -8.34. The fourth-order valence-electron chi connectivity index (χ4n) is 10.1. The van der Waals surface area contributed by atoms with E-state index in [0.717, 1.165) is 45.0 Å². The Bertz CT molecular complexity index is 3840. The smallest absolute Gasteiger partial charge is 0.160 e. The maximum absolute atomic E-state index is 5.23. The van der Waals surface area contributed by atoms with Crippen molar-refractivity contribution in [1.82, 2.24) is 19.1 Å². The van der Waals surface area contributed by atoms with Crippen LogP contribution in [0.15, 0.2) is 218 Å². The largest absolute Gasteiger partial charge is 0.309 e. The van der Waals surface area contributed by atoms with Crippen molar-refractivity contribution < 1.29 is 0 Å². The van der Waals surface area contributed by atoms with E-state index in [9.17, 15) is 0 Å². The normalized spacial score (nSPS) is 11.9. The molecule has 4 nitrogen and oxygen atoms in total. The predicted molar refractivity (Wildman–Crippen MR) is 260 cm³/mol. The lowest BCUT2D eigenvalue weighted by molar-refractivity contribution is 1.16. The van der Waals surface area contributed by atoms with Gasteiger partial charge in [0, 0.05) is 65.8 Å². The summed E-state index contributed by atoms with van der Waals surface area (Å²) < 4.78 is 4.95. The first-order chi connectivity index (χ1) is 30.8. The number of para-hydroxylation sites is 3. The van der Waals surface area contributed by atoms with E-state index in [1.54, 1.807) is 0 Å². The zero-order chi connectivity index (χ0) is 40.7. The lowest BCUT2D eigenvalue weighted by Gasteiger charge is -2.17. The Morgan fingerprint density at radius 1 is 0.274 bits per heavy atom. The van der Waals surface area contributed by atoms with E-state index in [1.165, 1.54) is 70.4 Å². The molecule has 0 N–H and O–H groups in total. The number of aromatic nitrogens is 4. The Kier molecular flexibility index (Phi) is 7.57. The summed E-state index contributed by atoms with van der Waals surface area (Å²) in [4.78, 5) is 10.5. The van der Waals surface area contributed by atoms with Crippen LogP contribution in [0.1, 0.15) is 0 Å². The zero-order valence-electron chi connectivity index (χ0n) is 33.6. The lowest BCUT2D eigenvalue weighted by Crippen LogP contribution is -1.99. The molecule has 288 valence electrons. The fourth-order valence-corrected chi connectivity index (χ4v) is 10.1. The third-order valence-electron chi connectivity index (χ3n) is 12.6. The van der Waals surface area contributed by atoms with E-state index < -0.39 is 0 Å². The van der Waals surface area contributed by atoms with E-state index in [1.807, 2.05) is 12.1 Å². The van der Waals surface area contributed by atoms with Crippen LogP contribution in [-0.4, -0.2) is 19.1 Å². The van der Waals surface area contributed by atoms with Gasteiger partial charge >= 0.3 is 0 Å². The van der Waals surface area contributed by atoms with Crippen LogP contribution in [0.25, 0.3) is 121 Å². The second-order valence-corrected chi connectivity index (χ2v) is 16.1. The molecule has 0 amide bonds. The molecule has 0 aliphatic carbocycles. The summed E-state index contributed by atoms with van der Waals surface area (Å²) in [6.07, 6.45) is 0. The van der Waals surface area contributed by atoms with Crippen molar-refractivity contribution in [3.8, 4) is 45.3 Å². The fraction of sp³-hybridized carbons (Fsp3) is 0. The summed E-state index contributed by atoms with van der Waals surface area (Å²) >= 11 is 0. The molecule has 10 aromatic carbocycles. The molecule has 0 saturated carbocycles. The molecular formula is C58H36N4. The first-order valence-corrected chi connectivity index (χ1v) is 21.2. The molecule has 62 heavy (non-hydrogen) atoms. The minimum absolute atomic E-state index is 0.685. The molecule has 13 rings (SSSR count). The van der Waals surface area contributed by atoms with E-state index in [4.69, 9.17) is 9.97 Å². The van der Waals surface area contributed by atoms with Crippen LogP contribution in [0.2, 0.25) is 0 Å². The minimum Gasteiger partial charge on any atom is -0.309 e. The van der Waals surface area contributed by atoms with Crippen molar-refractivity contribution in [2.45, 2.75) is 0 Å². The average Bonchev–Trinajstić information content (AvgIpc) is 3.89. The van der Waals surface area contributed by atoms with E-state index in [0.29, 0.717) is 5.82 Å². The Balaban J connectivity index is 1.18. The average molecular weight is 789 g/mol. The highest BCUT2D eigenvalue weighted by atomic mass is 15.0. The molecule has 4 heteroatoms. The molecule has 0 radical (unpaired) electrons. The molecular weight excluding hydrogens is 753 g/mol. The molecule has 13 aromatic rings. The van der Waals surface area contributed by atoms with Gasteiger partial charge in [0.1, 0.15) is 0 Å². The number of fused-ring (bicyclic) bond motifs is 15. The second-order valence-electron chi connectivity index (χ2n) is 16.1. The van der Waals surface area contributed by atoms with Gasteiger partial charge in [-0.15, -0.1) is 0 Å². The van der Waals surface area contributed by atoms with Crippen molar-refractivity contribution in [3.05, 3.63) is 218 Å². The molecule has 0 fully saturated rings. The van der Waals surface area contributed by atoms with E-state index in [-0.39, 0.29) is 0 Å². The predicted octanol–water partition coefficient (Wildman–Crippen LogP) is 15.1. The summed E-state index contributed by atoms with van der Waals surface area (Å²) in [6, 6.07) is 78.3. The first-order valence-electron chi connectivity index (χ1n) is 21.2. The van der Waals surface area contributed by atoms with Gasteiger partial charge in [-0.2, -0.15) is 0 Å². The summed E-state index contributed by atoms with van der Waals surface area (Å²) in [7, 11) is 0. The topological polar surface area (TPSA) is 35.6 Å². The van der Waals surface area contributed by atoms with Crippen LogP contribution >= 0.6 is 0 Å². The van der Waals surface area contributed by atoms with Crippen molar-refractivity contribution >= 4 is 75.9 Å². The van der Waals surface area contributed by atoms with Crippen molar-refractivity contribution in [3.63, 3.8) is 0 Å². The highest BCUT2D eigenvalue weighted by molar-refractivity contribution is 6.45. The molecule has 3 heterocycles. The molecule has 0 aliphatic rings. The quantitative estimate of drug-likeness (QED) is 0.163. The standard InChI is InChI=1S/C58H36N4/c1-4-19-37(20-5-1)48-36-49(38-21-6-2-7-22-38)60-58(59-48)39-23-18-26-41(35-39)62-51-34-17-15-32-47(51)54-55-52(43-28-11-13-30-45(43)57(54)62)42-27-10-12-29-44(42)56-53(55)46-31-14-16-33-50(46)61(56)40-24-8-3-9-25-40/h1-36H. The van der Waals surface area contributed by atoms with Crippen LogP contribution in [0.5, 0.6) is 0 Å². The van der Waals surface area contributed by atoms with Crippen LogP contribution < -0.4 is 0 Å². The summed E-state index contributed by atoms with van der Waals surface area (Å²) in [5.74, 6) is 0.685. The third-order valence-corrected chi connectivity index (χ3v) is 12.6. The molecule has 0 unspecified atom stereocenters. The summed E-state index contributed by atoms with van der Waals surface area (Å²) in [5.41, 5.74) is 11.8. The van der Waals surface area contributed by atoms with Gasteiger partial charge in [0.05, 0.1) is 33.5 Å². The van der Waals surface area contributed by atoms with Crippen LogP contribution in [0, 0.1) is 0 Å². The van der Waals surface area contributed by atoms with E-state index >= 15 is 0 Å². The maximum Gasteiger partial charge on any atom is 0.160 e. The third kappa shape index (κ3) is 5.07. The molecule has 0 saturated heterocycles. The van der Waals surface area contributed by atoms with Gasteiger partial charge in [0.15, 0.2) is 5.82 Å². The van der Waals surface area contributed by atoms with Gasteiger partial charge in [-0.05, 0) is 58.6 Å². The number of rotatable bonds is 5. The Morgan fingerprint density at radius 3 is 1.21 bits per heavy atom. The van der Waals surface area contributed by atoms with Crippen LogP contribution in [-0.2, 0) is 0 Å². The van der Waals surface area contributed by atoms with Crippen LogP contribution in [0.4, 0.5) is 0 Å². The SMILES string of the molecule is c1ccc(-c2cc(-c3ccccc3)nc(-c3cccc(-n4c5ccccc5c5c6c(c7ccccc7c7c6c6ccccc6n7-c6ccccc6)c6ccccc6c54)c3)n2)cc1.